The van der Waals surface area contributed by atoms with Crippen molar-refractivity contribution in [1.29, 1.82) is 0 Å². The van der Waals surface area contributed by atoms with Gasteiger partial charge in [0.05, 0.1) is 0 Å². The number of hydrogen-bond donors (Lipinski definition) is 1. The van der Waals surface area contributed by atoms with E-state index in [2.05, 4.69) is 51.7 Å². The van der Waals surface area contributed by atoms with Crippen molar-refractivity contribution >= 4 is 21.6 Å². The van der Waals surface area contributed by atoms with Crippen LogP contribution in [0.5, 0.6) is 0 Å². The molecule has 100 valence electrons. The van der Waals surface area contributed by atoms with E-state index in [-0.39, 0.29) is 0 Å². The highest BCUT2D eigenvalue weighted by Crippen LogP contribution is 2.21. The Labute approximate surface area is 118 Å². The Bertz CT molecular complexity index is 408. The van der Waals surface area contributed by atoms with Gasteiger partial charge in [-0.05, 0) is 31.2 Å². The number of likely N-dealkylation sites (N-methyl/N-ethyl adjacent to an activating group) is 1. The zero-order valence-electron chi connectivity index (χ0n) is 11.2. The van der Waals surface area contributed by atoms with Crippen LogP contribution in [0.4, 0.5) is 5.69 Å². The normalized spacial score (nSPS) is 22.3. The van der Waals surface area contributed by atoms with Gasteiger partial charge in [-0.1, -0.05) is 28.9 Å². The monoisotopic (exact) mass is 311 g/mol. The fraction of sp³-hybridized carbons (Fsp3) is 0.571. The predicted molar refractivity (Wildman–Crippen MR) is 80.5 cm³/mol. The lowest BCUT2D eigenvalue weighted by molar-refractivity contribution is 0.0836. The molecule has 0 radical (unpaired) electrons. The Morgan fingerprint density at radius 2 is 2.17 bits per heavy atom. The third-order valence-corrected chi connectivity index (χ3v) is 4.25. The van der Waals surface area contributed by atoms with Crippen LogP contribution in [0.2, 0.25) is 0 Å². The molecular formula is C14H22BrN3. The van der Waals surface area contributed by atoms with Gasteiger partial charge in [-0.15, -0.1) is 0 Å². The maximum atomic E-state index is 6.06. The molecule has 1 saturated heterocycles. The smallest absolute Gasteiger partial charge is 0.0371 e. The van der Waals surface area contributed by atoms with E-state index in [1.54, 1.807) is 0 Å². The van der Waals surface area contributed by atoms with E-state index in [1.165, 1.54) is 5.56 Å². The van der Waals surface area contributed by atoms with Crippen LogP contribution in [0, 0.1) is 0 Å². The SMILES string of the molecule is CCN1CCN(Cc2ccc(Br)cc2N)CC1C. The minimum atomic E-state index is 0.639. The van der Waals surface area contributed by atoms with Crippen molar-refractivity contribution in [1.82, 2.24) is 9.80 Å². The Balaban J connectivity index is 1.98. The van der Waals surface area contributed by atoms with E-state index >= 15 is 0 Å². The number of nitrogens with two attached hydrogens (primary N) is 1. The molecule has 3 nitrogen and oxygen atoms in total. The Morgan fingerprint density at radius 1 is 1.39 bits per heavy atom. The molecule has 1 fully saturated rings. The number of benzene rings is 1. The molecule has 0 spiro atoms. The number of anilines is 1. The van der Waals surface area contributed by atoms with Crippen molar-refractivity contribution in [2.75, 3.05) is 31.9 Å². The van der Waals surface area contributed by atoms with Crippen molar-refractivity contribution in [2.45, 2.75) is 26.4 Å². The summed E-state index contributed by atoms with van der Waals surface area (Å²) in [5, 5.41) is 0. The number of piperazine rings is 1. The molecule has 1 atom stereocenters. The number of halogens is 1. The van der Waals surface area contributed by atoms with Gasteiger partial charge in [0.15, 0.2) is 0 Å². The van der Waals surface area contributed by atoms with Crippen molar-refractivity contribution in [3.63, 3.8) is 0 Å². The molecule has 1 aliphatic rings. The van der Waals surface area contributed by atoms with Gasteiger partial charge in [0, 0.05) is 42.4 Å². The minimum Gasteiger partial charge on any atom is -0.398 e. The molecule has 1 unspecified atom stereocenters. The van der Waals surface area contributed by atoms with E-state index in [1.807, 2.05) is 6.07 Å². The molecule has 0 amide bonds. The van der Waals surface area contributed by atoms with Crippen LogP contribution in [-0.4, -0.2) is 42.0 Å². The van der Waals surface area contributed by atoms with Gasteiger partial charge in [-0.3, -0.25) is 9.80 Å². The molecule has 2 N–H and O–H groups in total. The first-order valence-corrected chi connectivity index (χ1v) is 7.39. The molecule has 1 aromatic rings. The number of hydrogen-bond acceptors (Lipinski definition) is 3. The summed E-state index contributed by atoms with van der Waals surface area (Å²) in [7, 11) is 0. The van der Waals surface area contributed by atoms with Crippen LogP contribution < -0.4 is 5.73 Å². The molecule has 1 heterocycles. The second-order valence-electron chi connectivity index (χ2n) is 5.06. The lowest BCUT2D eigenvalue weighted by atomic mass is 10.1. The van der Waals surface area contributed by atoms with Gasteiger partial charge in [0.25, 0.3) is 0 Å². The second kappa shape index (κ2) is 6.04. The largest absolute Gasteiger partial charge is 0.398 e. The van der Waals surface area contributed by atoms with E-state index in [0.717, 1.165) is 42.9 Å². The van der Waals surface area contributed by atoms with E-state index < -0.39 is 0 Å². The zero-order valence-corrected chi connectivity index (χ0v) is 12.8. The lowest BCUT2D eigenvalue weighted by Gasteiger charge is -2.39. The topological polar surface area (TPSA) is 32.5 Å². The second-order valence-corrected chi connectivity index (χ2v) is 5.97. The van der Waals surface area contributed by atoms with Crippen molar-refractivity contribution in [3.8, 4) is 0 Å². The third-order valence-electron chi connectivity index (χ3n) is 3.76. The maximum Gasteiger partial charge on any atom is 0.0371 e. The van der Waals surface area contributed by atoms with Crippen molar-refractivity contribution in [2.24, 2.45) is 0 Å². The molecule has 0 saturated carbocycles. The van der Waals surface area contributed by atoms with E-state index in [9.17, 15) is 0 Å². The van der Waals surface area contributed by atoms with Crippen molar-refractivity contribution in [3.05, 3.63) is 28.2 Å². The summed E-state index contributed by atoms with van der Waals surface area (Å²) in [6, 6.07) is 6.81. The average molecular weight is 312 g/mol. The zero-order chi connectivity index (χ0) is 13.1. The molecule has 0 bridgehead atoms. The molecule has 0 aliphatic carbocycles. The minimum absolute atomic E-state index is 0.639. The third kappa shape index (κ3) is 3.25. The standard InChI is InChI=1S/C14H22BrN3/c1-3-18-7-6-17(9-11(18)2)10-12-4-5-13(15)8-14(12)16/h4-5,8,11H,3,6-7,9-10,16H2,1-2H3. The molecular weight excluding hydrogens is 290 g/mol. The molecule has 2 rings (SSSR count). The van der Waals surface area contributed by atoms with Gasteiger partial charge in [0.1, 0.15) is 0 Å². The summed E-state index contributed by atoms with van der Waals surface area (Å²) in [5.41, 5.74) is 8.18. The number of nitrogens with zero attached hydrogens (tertiary/aromatic N) is 2. The van der Waals surface area contributed by atoms with Crippen LogP contribution in [-0.2, 0) is 6.54 Å². The van der Waals surface area contributed by atoms with E-state index in [0.29, 0.717) is 6.04 Å². The van der Waals surface area contributed by atoms with Gasteiger partial charge in [0.2, 0.25) is 0 Å². The highest BCUT2D eigenvalue weighted by atomic mass is 79.9. The summed E-state index contributed by atoms with van der Waals surface area (Å²) >= 11 is 3.45. The van der Waals surface area contributed by atoms with Crippen LogP contribution in [0.15, 0.2) is 22.7 Å². The fourth-order valence-corrected chi connectivity index (χ4v) is 3.01. The number of nitrogen functional groups attached to an aromatic ring is 1. The molecule has 0 aromatic heterocycles. The Kier molecular flexibility index (Phi) is 4.65. The lowest BCUT2D eigenvalue weighted by Crippen LogP contribution is -2.51. The summed E-state index contributed by atoms with van der Waals surface area (Å²) in [4.78, 5) is 5.03. The fourth-order valence-electron chi connectivity index (χ4n) is 2.63. The van der Waals surface area contributed by atoms with Crippen LogP contribution >= 0.6 is 15.9 Å². The quantitative estimate of drug-likeness (QED) is 0.871. The van der Waals surface area contributed by atoms with Crippen LogP contribution in [0.25, 0.3) is 0 Å². The summed E-state index contributed by atoms with van der Waals surface area (Å²) in [5.74, 6) is 0. The van der Waals surface area contributed by atoms with Gasteiger partial charge < -0.3 is 5.73 Å². The average Bonchev–Trinajstić information content (AvgIpc) is 2.33. The van der Waals surface area contributed by atoms with Gasteiger partial charge >= 0.3 is 0 Å². The highest BCUT2D eigenvalue weighted by molar-refractivity contribution is 9.10. The van der Waals surface area contributed by atoms with Crippen molar-refractivity contribution < 1.29 is 0 Å². The summed E-state index contributed by atoms with van der Waals surface area (Å²) in [6.45, 7) is 10.1. The summed E-state index contributed by atoms with van der Waals surface area (Å²) in [6.07, 6.45) is 0. The molecule has 4 heteroatoms. The first-order chi connectivity index (χ1) is 8.60. The Morgan fingerprint density at radius 3 is 2.78 bits per heavy atom. The molecule has 1 aliphatic heterocycles. The Hall–Kier alpha value is -0.580. The first kappa shape index (κ1) is 13.8. The highest BCUT2D eigenvalue weighted by Gasteiger charge is 2.22. The van der Waals surface area contributed by atoms with Gasteiger partial charge in [-0.25, -0.2) is 0 Å². The molecule has 18 heavy (non-hydrogen) atoms. The number of rotatable bonds is 3. The van der Waals surface area contributed by atoms with Crippen LogP contribution in [0.3, 0.4) is 0 Å². The summed E-state index contributed by atoms with van der Waals surface area (Å²) < 4.78 is 1.05. The maximum absolute atomic E-state index is 6.06. The molecule has 1 aromatic carbocycles. The predicted octanol–water partition coefficient (Wildman–Crippen LogP) is 2.56. The van der Waals surface area contributed by atoms with Gasteiger partial charge in [-0.2, -0.15) is 0 Å². The van der Waals surface area contributed by atoms with Crippen LogP contribution in [0.1, 0.15) is 19.4 Å². The van der Waals surface area contributed by atoms with E-state index in [4.69, 9.17) is 5.73 Å². The first-order valence-electron chi connectivity index (χ1n) is 6.60.